The van der Waals surface area contributed by atoms with E-state index in [4.69, 9.17) is 5.73 Å². The van der Waals surface area contributed by atoms with Crippen LogP contribution in [0.1, 0.15) is 39.0 Å². The number of nitrogens with two attached hydrogens (primary N) is 1. The molecule has 11 heavy (non-hydrogen) atoms. The van der Waals surface area contributed by atoms with Gasteiger partial charge in [-0.05, 0) is 37.5 Å². The molecule has 0 bridgehead atoms. The van der Waals surface area contributed by atoms with Crippen molar-refractivity contribution in [2.45, 2.75) is 45.1 Å². The van der Waals surface area contributed by atoms with E-state index in [9.17, 15) is 0 Å². The predicted molar refractivity (Wildman–Crippen MR) is 47.2 cm³/mol. The summed E-state index contributed by atoms with van der Waals surface area (Å²) in [6.07, 6.45) is 7.38. The second kappa shape index (κ2) is 2.78. The van der Waals surface area contributed by atoms with E-state index in [0.29, 0.717) is 6.04 Å². The van der Waals surface area contributed by atoms with Gasteiger partial charge in [0.15, 0.2) is 0 Å². The molecule has 0 aromatic heterocycles. The van der Waals surface area contributed by atoms with E-state index in [2.05, 4.69) is 6.92 Å². The molecule has 2 aliphatic rings. The highest BCUT2D eigenvalue weighted by atomic mass is 14.7. The molecule has 1 nitrogen and oxygen atoms in total. The minimum Gasteiger partial charge on any atom is -0.328 e. The van der Waals surface area contributed by atoms with Crippen LogP contribution in [0.15, 0.2) is 0 Å². The molecule has 2 rings (SSSR count). The van der Waals surface area contributed by atoms with Gasteiger partial charge < -0.3 is 5.73 Å². The van der Waals surface area contributed by atoms with Crippen molar-refractivity contribution in [3.05, 3.63) is 0 Å². The lowest BCUT2D eigenvalue weighted by molar-refractivity contribution is 0.0634. The fourth-order valence-electron chi connectivity index (χ4n) is 2.43. The summed E-state index contributed by atoms with van der Waals surface area (Å²) in [4.78, 5) is 0. The first-order valence-electron chi connectivity index (χ1n) is 5.03. The van der Waals surface area contributed by atoms with Gasteiger partial charge in [0.25, 0.3) is 0 Å². The van der Waals surface area contributed by atoms with Gasteiger partial charge in [-0.1, -0.05) is 19.3 Å². The Kier molecular flexibility index (Phi) is 1.92. The molecule has 64 valence electrons. The Morgan fingerprint density at radius 1 is 1.18 bits per heavy atom. The summed E-state index contributed by atoms with van der Waals surface area (Å²) in [6.45, 7) is 2.15. The Morgan fingerprint density at radius 2 is 1.82 bits per heavy atom. The van der Waals surface area contributed by atoms with Crippen LogP contribution in [0.5, 0.6) is 0 Å². The molecule has 0 amide bonds. The average molecular weight is 153 g/mol. The zero-order valence-electron chi connectivity index (χ0n) is 7.42. The molecule has 2 aliphatic carbocycles. The number of rotatable bonds is 2. The van der Waals surface area contributed by atoms with Crippen LogP contribution in [0.2, 0.25) is 0 Å². The van der Waals surface area contributed by atoms with E-state index in [-0.39, 0.29) is 0 Å². The Labute approximate surface area is 69.4 Å². The third-order valence-electron chi connectivity index (χ3n) is 3.77. The largest absolute Gasteiger partial charge is 0.328 e. The topological polar surface area (TPSA) is 26.0 Å². The standard InChI is InChI=1S/C10H19N/c1-7(11)9-5-10(6-9)8-3-2-4-8/h7-10H,2-6,11H2,1H3. The zero-order valence-corrected chi connectivity index (χ0v) is 7.42. The summed E-state index contributed by atoms with van der Waals surface area (Å²) in [5.41, 5.74) is 5.82. The summed E-state index contributed by atoms with van der Waals surface area (Å²) >= 11 is 0. The van der Waals surface area contributed by atoms with Crippen LogP contribution in [0.3, 0.4) is 0 Å². The molecule has 0 heterocycles. The van der Waals surface area contributed by atoms with Crippen molar-refractivity contribution in [1.82, 2.24) is 0 Å². The smallest absolute Gasteiger partial charge is 0.00389 e. The quantitative estimate of drug-likeness (QED) is 0.646. The maximum atomic E-state index is 5.82. The molecule has 1 unspecified atom stereocenters. The lowest BCUT2D eigenvalue weighted by Gasteiger charge is -2.45. The maximum absolute atomic E-state index is 5.82. The minimum atomic E-state index is 0.450. The third-order valence-corrected chi connectivity index (χ3v) is 3.77. The minimum absolute atomic E-state index is 0.450. The highest BCUT2D eigenvalue weighted by Gasteiger charge is 2.38. The normalized spacial score (nSPS) is 40.9. The summed E-state index contributed by atoms with van der Waals surface area (Å²) in [5.74, 6) is 3.03. The molecule has 1 atom stereocenters. The molecule has 2 N–H and O–H groups in total. The van der Waals surface area contributed by atoms with Crippen molar-refractivity contribution in [3.8, 4) is 0 Å². The zero-order chi connectivity index (χ0) is 7.84. The Balaban J connectivity index is 1.70. The Bertz CT molecular complexity index is 132. The van der Waals surface area contributed by atoms with Crippen LogP contribution >= 0.6 is 0 Å². The summed E-state index contributed by atoms with van der Waals surface area (Å²) < 4.78 is 0. The molecule has 0 spiro atoms. The molecule has 0 saturated heterocycles. The fourth-order valence-corrected chi connectivity index (χ4v) is 2.43. The van der Waals surface area contributed by atoms with Crippen LogP contribution in [0.25, 0.3) is 0 Å². The van der Waals surface area contributed by atoms with Gasteiger partial charge in [0.1, 0.15) is 0 Å². The van der Waals surface area contributed by atoms with E-state index < -0.39 is 0 Å². The van der Waals surface area contributed by atoms with Gasteiger partial charge in [-0.15, -0.1) is 0 Å². The molecular weight excluding hydrogens is 134 g/mol. The van der Waals surface area contributed by atoms with Gasteiger partial charge in [-0.25, -0.2) is 0 Å². The van der Waals surface area contributed by atoms with E-state index >= 15 is 0 Å². The summed E-state index contributed by atoms with van der Waals surface area (Å²) in [7, 11) is 0. The van der Waals surface area contributed by atoms with Gasteiger partial charge >= 0.3 is 0 Å². The van der Waals surface area contributed by atoms with Gasteiger partial charge in [0.05, 0.1) is 0 Å². The van der Waals surface area contributed by atoms with Gasteiger partial charge in [-0.2, -0.15) is 0 Å². The second-order valence-corrected chi connectivity index (χ2v) is 4.54. The Hall–Kier alpha value is -0.0400. The monoisotopic (exact) mass is 153 g/mol. The van der Waals surface area contributed by atoms with Crippen LogP contribution in [0, 0.1) is 17.8 Å². The van der Waals surface area contributed by atoms with Crippen LogP contribution in [0.4, 0.5) is 0 Å². The first-order valence-corrected chi connectivity index (χ1v) is 5.03. The predicted octanol–water partition coefficient (Wildman–Crippen LogP) is 2.16. The van der Waals surface area contributed by atoms with Crippen molar-refractivity contribution in [2.75, 3.05) is 0 Å². The second-order valence-electron chi connectivity index (χ2n) is 4.54. The molecule has 2 saturated carbocycles. The van der Waals surface area contributed by atoms with Gasteiger partial charge in [0, 0.05) is 6.04 Å². The average Bonchev–Trinajstić information content (AvgIpc) is 1.70. The van der Waals surface area contributed by atoms with E-state index in [1.165, 1.54) is 32.1 Å². The van der Waals surface area contributed by atoms with Crippen molar-refractivity contribution in [3.63, 3.8) is 0 Å². The first kappa shape index (κ1) is 7.60. The van der Waals surface area contributed by atoms with Crippen LogP contribution in [-0.2, 0) is 0 Å². The van der Waals surface area contributed by atoms with Crippen molar-refractivity contribution >= 4 is 0 Å². The van der Waals surface area contributed by atoms with Crippen LogP contribution < -0.4 is 5.73 Å². The van der Waals surface area contributed by atoms with Crippen molar-refractivity contribution < 1.29 is 0 Å². The van der Waals surface area contributed by atoms with Gasteiger partial charge in [0.2, 0.25) is 0 Å². The maximum Gasteiger partial charge on any atom is 0.00389 e. The Morgan fingerprint density at radius 3 is 2.18 bits per heavy atom. The molecule has 0 aromatic carbocycles. The molecule has 2 fully saturated rings. The lowest BCUT2D eigenvalue weighted by atomic mass is 9.61. The summed E-state index contributed by atoms with van der Waals surface area (Å²) in [6, 6.07) is 0.450. The van der Waals surface area contributed by atoms with Gasteiger partial charge in [-0.3, -0.25) is 0 Å². The van der Waals surface area contributed by atoms with Crippen molar-refractivity contribution in [1.29, 1.82) is 0 Å². The summed E-state index contributed by atoms with van der Waals surface area (Å²) in [5, 5.41) is 0. The van der Waals surface area contributed by atoms with Crippen molar-refractivity contribution in [2.24, 2.45) is 23.5 Å². The third kappa shape index (κ3) is 1.31. The SMILES string of the molecule is CC(N)C1CC(C2CCC2)C1. The van der Waals surface area contributed by atoms with E-state index in [1.807, 2.05) is 0 Å². The van der Waals surface area contributed by atoms with E-state index in [1.54, 1.807) is 0 Å². The highest BCUT2D eigenvalue weighted by molar-refractivity contribution is 4.90. The molecule has 0 radical (unpaired) electrons. The molecular formula is C10H19N. The van der Waals surface area contributed by atoms with E-state index in [0.717, 1.165) is 17.8 Å². The molecule has 0 aliphatic heterocycles. The number of hydrogen-bond donors (Lipinski definition) is 1. The highest BCUT2D eigenvalue weighted by Crippen LogP contribution is 2.47. The van der Waals surface area contributed by atoms with Crippen LogP contribution in [-0.4, -0.2) is 6.04 Å². The molecule has 1 heteroatoms. The molecule has 0 aromatic rings. The fraction of sp³-hybridized carbons (Fsp3) is 1.00. The number of hydrogen-bond acceptors (Lipinski definition) is 1. The lowest BCUT2D eigenvalue weighted by Crippen LogP contribution is -2.41. The first-order chi connectivity index (χ1) is 5.27.